The van der Waals surface area contributed by atoms with Crippen molar-refractivity contribution in [1.82, 2.24) is 4.90 Å². The largest absolute Gasteiger partial charge is 0.478 e. The van der Waals surface area contributed by atoms with Crippen molar-refractivity contribution in [2.24, 2.45) is 5.92 Å². The SMILES string of the molecule is O=C(O)c1cc(C(=O)N2CCC(Cc3ccc(Cl)cc3)CC2)ccc1NC(=O)c1sc2ccccc2c1Cl. The second-order valence-corrected chi connectivity index (χ2v) is 11.2. The Morgan fingerprint density at radius 1 is 0.974 bits per heavy atom. The number of hydrogen-bond donors (Lipinski definition) is 2. The van der Waals surface area contributed by atoms with Gasteiger partial charge >= 0.3 is 5.97 Å². The molecule has 1 aliphatic rings. The number of anilines is 1. The number of likely N-dealkylation sites (tertiary alicyclic amines) is 1. The maximum atomic E-state index is 13.2. The van der Waals surface area contributed by atoms with E-state index in [0.717, 1.165) is 29.3 Å². The maximum absolute atomic E-state index is 13.2. The summed E-state index contributed by atoms with van der Waals surface area (Å²) in [5.74, 6) is -1.49. The van der Waals surface area contributed by atoms with Gasteiger partial charge in [0.2, 0.25) is 0 Å². The highest BCUT2D eigenvalue weighted by atomic mass is 35.5. The Hall–Kier alpha value is -3.39. The Morgan fingerprint density at radius 2 is 1.68 bits per heavy atom. The molecule has 5 rings (SSSR count). The predicted octanol–water partition coefficient (Wildman–Crippen LogP) is 7.25. The van der Waals surface area contributed by atoms with E-state index >= 15 is 0 Å². The number of carboxylic acid groups (broad SMARTS) is 1. The van der Waals surface area contributed by atoms with Gasteiger partial charge in [-0.15, -0.1) is 11.3 Å². The van der Waals surface area contributed by atoms with Crippen molar-refractivity contribution in [3.63, 3.8) is 0 Å². The van der Waals surface area contributed by atoms with Crippen molar-refractivity contribution in [3.8, 4) is 0 Å². The first-order chi connectivity index (χ1) is 18.3. The van der Waals surface area contributed by atoms with E-state index in [4.69, 9.17) is 23.2 Å². The van der Waals surface area contributed by atoms with Gasteiger partial charge in [0.25, 0.3) is 11.8 Å². The van der Waals surface area contributed by atoms with Crippen LogP contribution in [0.4, 0.5) is 5.69 Å². The van der Waals surface area contributed by atoms with Crippen LogP contribution in [0.1, 0.15) is 48.8 Å². The number of hydrogen-bond acceptors (Lipinski definition) is 4. The highest BCUT2D eigenvalue weighted by Crippen LogP contribution is 2.36. The molecule has 0 saturated carbocycles. The minimum Gasteiger partial charge on any atom is -0.478 e. The lowest BCUT2D eigenvalue weighted by atomic mass is 9.90. The molecule has 38 heavy (non-hydrogen) atoms. The van der Waals surface area contributed by atoms with Crippen LogP contribution in [0.25, 0.3) is 10.1 Å². The normalized spacial score (nSPS) is 14.0. The summed E-state index contributed by atoms with van der Waals surface area (Å²) in [6, 6.07) is 19.6. The van der Waals surface area contributed by atoms with E-state index in [9.17, 15) is 19.5 Å². The van der Waals surface area contributed by atoms with Gasteiger partial charge in [-0.05, 0) is 67.1 Å². The van der Waals surface area contributed by atoms with Crippen LogP contribution in [0, 0.1) is 5.92 Å². The zero-order valence-corrected chi connectivity index (χ0v) is 22.6. The average Bonchev–Trinajstić information content (AvgIpc) is 3.26. The third kappa shape index (κ3) is 5.55. The second-order valence-electron chi connectivity index (χ2n) is 9.33. The second kappa shape index (κ2) is 11.2. The molecule has 2 heterocycles. The minimum atomic E-state index is -1.24. The Morgan fingerprint density at radius 3 is 2.37 bits per heavy atom. The van der Waals surface area contributed by atoms with Gasteiger partial charge < -0.3 is 15.3 Å². The van der Waals surface area contributed by atoms with Gasteiger partial charge in [0.15, 0.2) is 0 Å². The summed E-state index contributed by atoms with van der Waals surface area (Å²) in [4.78, 5) is 40.2. The van der Waals surface area contributed by atoms with Crippen LogP contribution >= 0.6 is 34.5 Å². The summed E-state index contributed by atoms with van der Waals surface area (Å²) in [6.07, 6.45) is 2.66. The van der Waals surface area contributed by atoms with Crippen molar-refractivity contribution in [2.45, 2.75) is 19.3 Å². The van der Waals surface area contributed by atoms with E-state index in [1.54, 1.807) is 11.0 Å². The number of fused-ring (bicyclic) bond motifs is 1. The molecule has 1 fully saturated rings. The molecule has 0 spiro atoms. The van der Waals surface area contributed by atoms with E-state index in [1.165, 1.54) is 29.0 Å². The number of carbonyl (C=O) groups is 3. The molecule has 194 valence electrons. The fourth-order valence-corrected chi connectivity index (χ4v) is 6.32. The number of rotatable bonds is 6. The van der Waals surface area contributed by atoms with Gasteiger partial charge in [-0.3, -0.25) is 9.59 Å². The zero-order valence-electron chi connectivity index (χ0n) is 20.2. The third-order valence-electron chi connectivity index (χ3n) is 6.83. The number of carbonyl (C=O) groups excluding carboxylic acids is 2. The standard InChI is InChI=1S/C29H24Cl2N2O4S/c30-20-8-5-17(6-9-20)15-18-11-13-33(14-12-18)28(35)19-7-10-23(22(16-19)29(36)37)32-27(34)26-25(31)21-3-1-2-4-24(21)38-26/h1-10,16,18H,11-15H2,(H,32,34)(H,36,37). The Bertz CT molecular complexity index is 1530. The molecular weight excluding hydrogens is 543 g/mol. The first-order valence-electron chi connectivity index (χ1n) is 12.2. The van der Waals surface area contributed by atoms with Crippen molar-refractivity contribution >= 4 is 68.1 Å². The number of amides is 2. The Balaban J connectivity index is 1.27. The van der Waals surface area contributed by atoms with Crippen LogP contribution in [0.3, 0.4) is 0 Å². The summed E-state index contributed by atoms with van der Waals surface area (Å²) in [6.45, 7) is 1.20. The van der Waals surface area contributed by atoms with Crippen molar-refractivity contribution in [2.75, 3.05) is 18.4 Å². The molecule has 0 aliphatic carbocycles. The molecule has 2 amide bonds. The zero-order chi connectivity index (χ0) is 26.8. The van der Waals surface area contributed by atoms with Gasteiger partial charge in [0, 0.05) is 33.8 Å². The summed E-state index contributed by atoms with van der Waals surface area (Å²) in [5, 5.41) is 14.3. The third-order valence-corrected chi connectivity index (χ3v) is 8.75. The van der Waals surface area contributed by atoms with E-state index in [2.05, 4.69) is 5.32 Å². The number of benzene rings is 3. The van der Waals surface area contributed by atoms with E-state index < -0.39 is 11.9 Å². The fourth-order valence-electron chi connectivity index (χ4n) is 4.78. The summed E-state index contributed by atoms with van der Waals surface area (Å²) < 4.78 is 0.860. The smallest absolute Gasteiger partial charge is 0.337 e. The number of nitrogens with zero attached hydrogens (tertiary/aromatic N) is 1. The van der Waals surface area contributed by atoms with E-state index in [1.807, 2.05) is 48.5 Å². The van der Waals surface area contributed by atoms with Crippen LogP contribution < -0.4 is 5.32 Å². The fraction of sp³-hybridized carbons (Fsp3) is 0.207. The lowest BCUT2D eigenvalue weighted by Crippen LogP contribution is -2.39. The summed E-state index contributed by atoms with van der Waals surface area (Å²) in [7, 11) is 0. The minimum absolute atomic E-state index is 0.106. The molecule has 3 aromatic carbocycles. The molecule has 4 aromatic rings. The van der Waals surface area contributed by atoms with Gasteiger partial charge in [0.05, 0.1) is 16.3 Å². The van der Waals surface area contributed by atoms with Crippen LogP contribution in [-0.2, 0) is 6.42 Å². The van der Waals surface area contributed by atoms with Crippen LogP contribution in [0.15, 0.2) is 66.7 Å². The summed E-state index contributed by atoms with van der Waals surface area (Å²) in [5.41, 5.74) is 1.45. The van der Waals surface area contributed by atoms with Gasteiger partial charge in [0.1, 0.15) is 4.88 Å². The summed E-state index contributed by atoms with van der Waals surface area (Å²) >= 11 is 13.6. The molecule has 1 aromatic heterocycles. The van der Waals surface area contributed by atoms with Crippen LogP contribution in [0.2, 0.25) is 10.0 Å². The topological polar surface area (TPSA) is 86.7 Å². The molecule has 9 heteroatoms. The number of carboxylic acids is 1. The van der Waals surface area contributed by atoms with Gasteiger partial charge in [-0.25, -0.2) is 4.79 Å². The number of halogens is 2. The average molecular weight is 567 g/mol. The Labute approximate surface area is 233 Å². The highest BCUT2D eigenvalue weighted by Gasteiger charge is 2.26. The Kier molecular flexibility index (Phi) is 7.70. The molecule has 6 nitrogen and oxygen atoms in total. The van der Waals surface area contributed by atoms with Crippen LogP contribution in [0.5, 0.6) is 0 Å². The van der Waals surface area contributed by atoms with Gasteiger partial charge in [-0.2, -0.15) is 0 Å². The monoisotopic (exact) mass is 566 g/mol. The molecule has 1 aliphatic heterocycles. The molecule has 0 atom stereocenters. The number of piperidine rings is 1. The van der Waals surface area contributed by atoms with E-state index in [0.29, 0.717) is 33.9 Å². The molecule has 2 N–H and O–H groups in total. The lowest BCUT2D eigenvalue weighted by molar-refractivity contribution is 0.0690. The number of nitrogens with one attached hydrogen (secondary N) is 1. The van der Waals surface area contributed by atoms with Crippen molar-refractivity contribution in [3.05, 3.63) is 98.3 Å². The molecule has 0 bridgehead atoms. The molecule has 0 unspecified atom stereocenters. The predicted molar refractivity (Wildman–Crippen MR) is 152 cm³/mol. The highest BCUT2D eigenvalue weighted by molar-refractivity contribution is 7.21. The first kappa shape index (κ1) is 26.2. The van der Waals surface area contributed by atoms with Crippen molar-refractivity contribution < 1.29 is 19.5 Å². The molecule has 1 saturated heterocycles. The lowest BCUT2D eigenvalue weighted by Gasteiger charge is -2.32. The molecule has 0 radical (unpaired) electrons. The quantitative estimate of drug-likeness (QED) is 0.257. The van der Waals surface area contributed by atoms with Crippen LogP contribution in [-0.4, -0.2) is 40.9 Å². The number of thiophene rings is 1. The molecular formula is C29H24Cl2N2O4S. The van der Waals surface area contributed by atoms with Gasteiger partial charge in [-0.1, -0.05) is 53.5 Å². The van der Waals surface area contributed by atoms with Crippen molar-refractivity contribution in [1.29, 1.82) is 0 Å². The maximum Gasteiger partial charge on any atom is 0.337 e. The van der Waals surface area contributed by atoms with E-state index in [-0.39, 0.29) is 22.7 Å². The number of aromatic carboxylic acids is 1. The first-order valence-corrected chi connectivity index (χ1v) is 13.8.